The summed E-state index contributed by atoms with van der Waals surface area (Å²) in [7, 11) is 0. The van der Waals surface area contributed by atoms with Gasteiger partial charge in [0.2, 0.25) is 0 Å². The molecule has 4 nitrogen and oxygen atoms in total. The highest BCUT2D eigenvalue weighted by Gasteiger charge is 2.34. The lowest BCUT2D eigenvalue weighted by molar-refractivity contribution is -0.0110. The van der Waals surface area contributed by atoms with Gasteiger partial charge in [-0.3, -0.25) is 0 Å². The van der Waals surface area contributed by atoms with Crippen LogP contribution in [-0.2, 0) is 4.74 Å². The van der Waals surface area contributed by atoms with E-state index in [1.54, 1.807) is 0 Å². The van der Waals surface area contributed by atoms with Gasteiger partial charge >= 0.3 is 0 Å². The molecule has 0 radical (unpaired) electrons. The summed E-state index contributed by atoms with van der Waals surface area (Å²) in [5.41, 5.74) is 10.7. The number of hydrogen-bond acceptors (Lipinski definition) is 2. The van der Waals surface area contributed by atoms with E-state index in [1.807, 2.05) is 24.3 Å². The predicted octanol–water partition coefficient (Wildman–Crippen LogP) is 3.36. The molecule has 0 saturated carbocycles. The van der Waals surface area contributed by atoms with Crippen LogP contribution in [0.1, 0.15) is 26.2 Å². The number of halogens is 1. The Bertz CT molecular complexity index is 485. The van der Waals surface area contributed by atoms with E-state index in [-0.39, 0.29) is 6.23 Å². The number of benzene rings is 1. The van der Waals surface area contributed by atoms with Crippen molar-refractivity contribution >= 4 is 23.0 Å². The van der Waals surface area contributed by atoms with Crippen LogP contribution < -0.4 is 4.90 Å². The lowest BCUT2D eigenvalue weighted by Gasteiger charge is -2.25. The van der Waals surface area contributed by atoms with E-state index in [0.717, 1.165) is 30.8 Å². The molecule has 0 aliphatic carbocycles. The van der Waals surface area contributed by atoms with Crippen molar-refractivity contribution in [3.63, 3.8) is 0 Å². The van der Waals surface area contributed by atoms with Crippen LogP contribution in [0.5, 0.6) is 0 Å². The van der Waals surface area contributed by atoms with Gasteiger partial charge in [-0.05, 0) is 24.6 Å². The van der Waals surface area contributed by atoms with Gasteiger partial charge in [-0.1, -0.05) is 31.0 Å². The summed E-state index contributed by atoms with van der Waals surface area (Å²) in [5, 5.41) is 0.694. The molecule has 19 heavy (non-hydrogen) atoms. The van der Waals surface area contributed by atoms with Crippen LogP contribution in [0.2, 0.25) is 5.02 Å². The van der Waals surface area contributed by atoms with Crippen molar-refractivity contribution in [2.45, 2.75) is 32.4 Å². The van der Waals surface area contributed by atoms with Gasteiger partial charge in [0.25, 0.3) is 5.71 Å². The normalized spacial score (nSPS) is 18.7. The van der Waals surface area contributed by atoms with Gasteiger partial charge in [-0.25, -0.2) is 0 Å². The molecule has 102 valence electrons. The van der Waals surface area contributed by atoms with Crippen molar-refractivity contribution in [1.29, 1.82) is 0 Å². The van der Waals surface area contributed by atoms with Gasteiger partial charge in [0.05, 0.1) is 6.42 Å². The molecule has 2 rings (SSSR count). The molecule has 1 atom stereocenters. The molecule has 1 unspecified atom stereocenters. The van der Waals surface area contributed by atoms with E-state index in [4.69, 9.17) is 21.9 Å². The molecule has 1 fully saturated rings. The maximum atomic E-state index is 8.95. The number of nitrogens with zero attached hydrogens (tertiary/aromatic N) is 3. The highest BCUT2D eigenvalue weighted by molar-refractivity contribution is 6.30. The van der Waals surface area contributed by atoms with Crippen LogP contribution >= 0.6 is 11.6 Å². The predicted molar refractivity (Wildman–Crippen MR) is 76.7 cm³/mol. The Morgan fingerprint density at radius 2 is 2.37 bits per heavy atom. The Kier molecular flexibility index (Phi) is 4.97. The molecule has 0 aromatic heterocycles. The fourth-order valence-corrected chi connectivity index (χ4v) is 2.36. The summed E-state index contributed by atoms with van der Waals surface area (Å²) in [5.74, 6) is 0. The zero-order chi connectivity index (χ0) is 13.7. The molecule has 1 aliphatic heterocycles. The molecular weight excluding hydrogens is 262 g/mol. The SMILES string of the molecule is CCCCOC1CC(=[N+]=[N-])CN1c1cccc(Cl)c1. The lowest BCUT2D eigenvalue weighted by Crippen LogP contribution is -2.32. The minimum Gasteiger partial charge on any atom is -0.362 e. The fraction of sp³-hybridized carbons (Fsp3) is 0.500. The molecule has 0 spiro atoms. The molecule has 0 amide bonds. The van der Waals surface area contributed by atoms with Crippen molar-refractivity contribution in [3.8, 4) is 0 Å². The summed E-state index contributed by atoms with van der Waals surface area (Å²) in [4.78, 5) is 5.41. The number of anilines is 1. The van der Waals surface area contributed by atoms with E-state index in [2.05, 4.69) is 16.6 Å². The third kappa shape index (κ3) is 3.57. The highest BCUT2D eigenvalue weighted by Crippen LogP contribution is 2.27. The van der Waals surface area contributed by atoms with Crippen LogP contribution in [0.4, 0.5) is 5.69 Å². The highest BCUT2D eigenvalue weighted by atomic mass is 35.5. The van der Waals surface area contributed by atoms with E-state index in [9.17, 15) is 0 Å². The van der Waals surface area contributed by atoms with E-state index < -0.39 is 0 Å². The Morgan fingerprint density at radius 1 is 1.53 bits per heavy atom. The van der Waals surface area contributed by atoms with Crippen molar-refractivity contribution in [2.24, 2.45) is 0 Å². The standard InChI is InChI=1S/C14H18ClN3O/c1-2-3-7-19-14-9-12(17-16)10-18(14)13-6-4-5-11(15)8-13/h4-6,8,14H,2-3,7,9-10H2,1H3. The molecular formula is C14H18ClN3O. The number of rotatable bonds is 5. The van der Waals surface area contributed by atoms with Crippen LogP contribution in [0, 0.1) is 0 Å². The minimum atomic E-state index is -0.0732. The Labute approximate surface area is 118 Å². The zero-order valence-corrected chi connectivity index (χ0v) is 11.8. The van der Waals surface area contributed by atoms with Crippen molar-refractivity contribution in [1.82, 2.24) is 0 Å². The van der Waals surface area contributed by atoms with Gasteiger partial charge in [-0.2, -0.15) is 4.79 Å². The van der Waals surface area contributed by atoms with E-state index in [0.29, 0.717) is 18.0 Å². The zero-order valence-electron chi connectivity index (χ0n) is 11.1. The first-order chi connectivity index (χ1) is 9.24. The van der Waals surface area contributed by atoms with Crippen LogP contribution in [0.15, 0.2) is 24.3 Å². The van der Waals surface area contributed by atoms with E-state index in [1.165, 1.54) is 0 Å². The number of ether oxygens (including phenoxy) is 1. The second kappa shape index (κ2) is 6.71. The van der Waals surface area contributed by atoms with Gasteiger partial charge < -0.3 is 15.2 Å². The topological polar surface area (TPSA) is 48.9 Å². The van der Waals surface area contributed by atoms with Crippen LogP contribution in [0.25, 0.3) is 5.53 Å². The molecule has 1 saturated heterocycles. The van der Waals surface area contributed by atoms with Crippen LogP contribution in [-0.4, -0.2) is 29.9 Å². The van der Waals surface area contributed by atoms with Gasteiger partial charge in [0.15, 0.2) is 0 Å². The average molecular weight is 280 g/mol. The third-order valence-corrected chi connectivity index (χ3v) is 3.44. The second-order valence-electron chi connectivity index (χ2n) is 4.66. The monoisotopic (exact) mass is 279 g/mol. The molecule has 1 aliphatic rings. The van der Waals surface area contributed by atoms with Gasteiger partial charge in [0.1, 0.15) is 12.8 Å². The lowest BCUT2D eigenvalue weighted by atomic mass is 10.3. The maximum Gasteiger partial charge on any atom is 0.292 e. The minimum absolute atomic E-state index is 0.0732. The van der Waals surface area contributed by atoms with Crippen molar-refractivity contribution in [3.05, 3.63) is 34.8 Å². The number of hydrogen-bond donors (Lipinski definition) is 0. The summed E-state index contributed by atoms with van der Waals surface area (Å²) < 4.78 is 5.87. The Hall–Kier alpha value is -1.35. The summed E-state index contributed by atoms with van der Waals surface area (Å²) in [6.45, 7) is 3.43. The Balaban J connectivity index is 2.13. The van der Waals surface area contributed by atoms with Gasteiger partial charge in [0, 0.05) is 17.3 Å². The average Bonchev–Trinajstić information content (AvgIpc) is 2.82. The molecule has 5 heteroatoms. The second-order valence-corrected chi connectivity index (χ2v) is 5.09. The molecule has 1 aromatic rings. The third-order valence-electron chi connectivity index (χ3n) is 3.20. The smallest absolute Gasteiger partial charge is 0.292 e. The molecule has 0 N–H and O–H groups in total. The fourth-order valence-electron chi connectivity index (χ4n) is 2.17. The first-order valence-electron chi connectivity index (χ1n) is 6.58. The Morgan fingerprint density at radius 3 is 3.05 bits per heavy atom. The molecule has 0 bridgehead atoms. The van der Waals surface area contributed by atoms with Crippen molar-refractivity contribution < 1.29 is 9.53 Å². The largest absolute Gasteiger partial charge is 0.362 e. The molecule has 1 heterocycles. The van der Waals surface area contributed by atoms with Crippen molar-refractivity contribution in [2.75, 3.05) is 18.1 Å². The number of unbranched alkanes of at least 4 members (excludes halogenated alkanes) is 1. The summed E-state index contributed by atoms with van der Waals surface area (Å²) >= 11 is 6.02. The first-order valence-corrected chi connectivity index (χ1v) is 6.96. The quantitative estimate of drug-likeness (QED) is 0.471. The molecule has 1 aromatic carbocycles. The van der Waals surface area contributed by atoms with Gasteiger partial charge in [-0.15, -0.1) is 0 Å². The summed E-state index contributed by atoms with van der Waals surface area (Å²) in [6.07, 6.45) is 2.69. The van der Waals surface area contributed by atoms with E-state index >= 15 is 0 Å². The summed E-state index contributed by atoms with van der Waals surface area (Å²) in [6, 6.07) is 7.64. The van der Waals surface area contributed by atoms with Crippen LogP contribution in [0.3, 0.4) is 0 Å². The first kappa shape index (κ1) is 14.1. The maximum absolute atomic E-state index is 8.95.